The van der Waals surface area contributed by atoms with E-state index >= 15 is 0 Å². The quantitative estimate of drug-likeness (QED) is 0.603. The normalized spacial score (nSPS) is 15.4. The molecule has 170 valence electrons. The summed E-state index contributed by atoms with van der Waals surface area (Å²) >= 11 is 0. The number of alkyl halides is 3. The number of ether oxygens (including phenoxy) is 1. The highest BCUT2D eigenvalue weighted by Gasteiger charge is 2.46. The highest BCUT2D eigenvalue weighted by Crippen LogP contribution is 2.48. The van der Waals surface area contributed by atoms with Gasteiger partial charge in [-0.15, -0.1) is 18.3 Å². The molecule has 2 heterocycles. The molecule has 1 saturated carbocycles. The number of nitrogens with one attached hydrogen (secondary N) is 1. The Morgan fingerprint density at radius 3 is 2.67 bits per heavy atom. The van der Waals surface area contributed by atoms with Gasteiger partial charge in [0.15, 0.2) is 11.6 Å². The molecule has 4 rings (SSSR count). The van der Waals surface area contributed by atoms with Gasteiger partial charge in [-0.2, -0.15) is 9.94 Å². The minimum Gasteiger partial charge on any atom is -0.406 e. The van der Waals surface area contributed by atoms with Gasteiger partial charge >= 0.3 is 6.36 Å². The van der Waals surface area contributed by atoms with Crippen LogP contribution in [0.2, 0.25) is 0 Å². The van der Waals surface area contributed by atoms with Crippen LogP contribution in [-0.2, 0) is 5.41 Å². The third kappa shape index (κ3) is 4.77. The molecule has 12 heteroatoms. The average molecular weight is 457 g/mol. The van der Waals surface area contributed by atoms with Crippen LogP contribution < -0.4 is 10.1 Å². The summed E-state index contributed by atoms with van der Waals surface area (Å²) in [6, 6.07) is 5.00. The zero-order chi connectivity index (χ0) is 23.8. The molecule has 1 aliphatic carbocycles. The third-order valence-electron chi connectivity index (χ3n) is 5.16. The van der Waals surface area contributed by atoms with Gasteiger partial charge in [0.05, 0.1) is 23.7 Å². The van der Waals surface area contributed by atoms with Gasteiger partial charge in [-0.25, -0.2) is 9.97 Å². The van der Waals surface area contributed by atoms with E-state index in [0.717, 1.165) is 12.1 Å². The van der Waals surface area contributed by atoms with Crippen LogP contribution in [0.3, 0.4) is 0 Å². The van der Waals surface area contributed by atoms with Crippen molar-refractivity contribution < 1.29 is 22.7 Å². The molecule has 1 N–H and O–H groups in total. The number of amides is 1. The molecule has 0 bridgehead atoms. The number of nitrogens with zero attached hydrogens (tertiary/aromatic N) is 6. The number of halogens is 3. The number of hydrogen-bond donors (Lipinski definition) is 1. The Morgan fingerprint density at radius 1 is 1.30 bits per heavy atom. The van der Waals surface area contributed by atoms with Crippen molar-refractivity contribution in [2.45, 2.75) is 44.5 Å². The van der Waals surface area contributed by atoms with Crippen LogP contribution in [0.1, 0.15) is 53.4 Å². The van der Waals surface area contributed by atoms with Crippen LogP contribution in [0.15, 0.2) is 36.8 Å². The molecular weight excluding hydrogens is 439 g/mol. The first-order valence-electron chi connectivity index (χ1n) is 9.94. The first kappa shape index (κ1) is 22.2. The van der Waals surface area contributed by atoms with E-state index in [0.29, 0.717) is 35.9 Å². The molecule has 1 atom stereocenters. The first-order valence-corrected chi connectivity index (χ1v) is 9.94. The summed E-state index contributed by atoms with van der Waals surface area (Å²) in [7, 11) is 0. The summed E-state index contributed by atoms with van der Waals surface area (Å²) in [5, 5.41) is 16.4. The summed E-state index contributed by atoms with van der Waals surface area (Å²) in [6.07, 6.45) is 0.518. The van der Waals surface area contributed by atoms with Gasteiger partial charge in [0.2, 0.25) is 0 Å². The van der Waals surface area contributed by atoms with E-state index < -0.39 is 29.5 Å². The SMILES string of the molecule is Cc1nc([C@H](C)NC(=O)c2cc(OC(F)(F)F)cc(C3(C#N)CC3)c2)n(-c2cnccn2)n1. The second-order valence-corrected chi connectivity index (χ2v) is 7.68. The van der Waals surface area contributed by atoms with Crippen molar-refractivity contribution in [2.75, 3.05) is 0 Å². The van der Waals surface area contributed by atoms with Gasteiger partial charge in [-0.3, -0.25) is 9.78 Å². The van der Waals surface area contributed by atoms with Crippen LogP contribution in [-0.4, -0.2) is 37.0 Å². The maximum atomic E-state index is 13.0. The number of aryl methyl sites for hydroxylation is 1. The first-order chi connectivity index (χ1) is 15.6. The maximum absolute atomic E-state index is 13.0. The predicted octanol–water partition coefficient (Wildman–Crippen LogP) is 3.31. The van der Waals surface area contributed by atoms with Crippen LogP contribution in [0.5, 0.6) is 5.75 Å². The summed E-state index contributed by atoms with van der Waals surface area (Å²) in [6.45, 7) is 3.33. The lowest BCUT2D eigenvalue weighted by molar-refractivity contribution is -0.274. The van der Waals surface area contributed by atoms with Crippen molar-refractivity contribution in [3.63, 3.8) is 0 Å². The van der Waals surface area contributed by atoms with E-state index in [1.807, 2.05) is 0 Å². The molecule has 9 nitrogen and oxygen atoms in total. The molecule has 3 aromatic rings. The molecule has 1 fully saturated rings. The fraction of sp³-hybridized carbons (Fsp3) is 0.333. The smallest absolute Gasteiger partial charge is 0.406 e. The van der Waals surface area contributed by atoms with Crippen LogP contribution in [0.4, 0.5) is 13.2 Å². The van der Waals surface area contributed by atoms with Crippen LogP contribution in [0, 0.1) is 18.3 Å². The number of aromatic nitrogens is 5. The molecule has 2 aromatic heterocycles. The highest BCUT2D eigenvalue weighted by atomic mass is 19.4. The Labute approximate surface area is 186 Å². The van der Waals surface area contributed by atoms with E-state index in [9.17, 15) is 23.2 Å². The average Bonchev–Trinajstić information content (AvgIpc) is 3.47. The fourth-order valence-corrected chi connectivity index (χ4v) is 3.41. The highest BCUT2D eigenvalue weighted by molar-refractivity contribution is 5.95. The van der Waals surface area contributed by atoms with Crippen molar-refractivity contribution in [3.8, 4) is 17.6 Å². The van der Waals surface area contributed by atoms with E-state index in [4.69, 9.17) is 0 Å². The standard InChI is InChI=1S/C21H18F3N7O2/c1-12(18-29-13(2)30-31(18)17-10-26-5-6-27-17)28-19(32)14-7-15(20(11-25)3-4-20)9-16(8-14)33-21(22,23)24/h5-10,12H,3-4H2,1-2H3,(H,28,32)/t12-/m0/s1. The second-order valence-electron chi connectivity index (χ2n) is 7.68. The number of carbonyl (C=O) groups is 1. The molecule has 0 saturated heterocycles. The number of rotatable bonds is 6. The van der Waals surface area contributed by atoms with E-state index in [2.05, 4.69) is 36.2 Å². The lowest BCUT2D eigenvalue weighted by Crippen LogP contribution is -2.29. The molecule has 33 heavy (non-hydrogen) atoms. The topological polar surface area (TPSA) is 119 Å². The Balaban J connectivity index is 1.63. The van der Waals surface area contributed by atoms with Crippen LogP contribution >= 0.6 is 0 Å². The molecule has 0 spiro atoms. The Hall–Kier alpha value is -4.01. The maximum Gasteiger partial charge on any atom is 0.573 e. The number of carbonyl (C=O) groups excluding carboxylic acids is 1. The van der Waals surface area contributed by atoms with E-state index in [1.165, 1.54) is 29.3 Å². The Bertz CT molecular complexity index is 1230. The monoisotopic (exact) mass is 457 g/mol. The van der Waals surface area contributed by atoms with Gasteiger partial charge in [0.1, 0.15) is 11.6 Å². The van der Waals surface area contributed by atoms with Gasteiger partial charge in [-0.05, 0) is 50.5 Å². The zero-order valence-electron chi connectivity index (χ0n) is 17.6. The summed E-state index contributed by atoms with van der Waals surface area (Å²) in [5.41, 5.74) is -0.667. The summed E-state index contributed by atoms with van der Waals surface area (Å²) in [4.78, 5) is 25.5. The number of benzene rings is 1. The molecule has 1 aliphatic rings. The second kappa shape index (κ2) is 8.16. The Morgan fingerprint density at radius 2 is 2.06 bits per heavy atom. The Kier molecular flexibility index (Phi) is 5.49. The van der Waals surface area contributed by atoms with Crippen molar-refractivity contribution in [1.29, 1.82) is 5.26 Å². The number of nitriles is 1. The predicted molar refractivity (Wildman–Crippen MR) is 107 cm³/mol. The molecule has 1 aromatic carbocycles. The molecule has 0 radical (unpaired) electrons. The third-order valence-corrected chi connectivity index (χ3v) is 5.16. The molecule has 1 amide bonds. The fourth-order valence-electron chi connectivity index (χ4n) is 3.41. The van der Waals surface area contributed by atoms with Gasteiger partial charge < -0.3 is 10.1 Å². The lowest BCUT2D eigenvalue weighted by Gasteiger charge is -2.17. The van der Waals surface area contributed by atoms with Crippen molar-refractivity contribution in [3.05, 3.63) is 59.6 Å². The van der Waals surface area contributed by atoms with E-state index in [1.54, 1.807) is 13.8 Å². The van der Waals surface area contributed by atoms with Gasteiger partial charge in [0.25, 0.3) is 5.91 Å². The lowest BCUT2D eigenvalue weighted by atomic mass is 9.95. The number of hydrogen-bond acceptors (Lipinski definition) is 7. The molecular formula is C21H18F3N7O2. The van der Waals surface area contributed by atoms with Crippen LogP contribution in [0.25, 0.3) is 5.82 Å². The minimum absolute atomic E-state index is 0.0672. The zero-order valence-corrected chi connectivity index (χ0v) is 17.6. The molecule has 0 unspecified atom stereocenters. The molecule has 0 aliphatic heterocycles. The van der Waals surface area contributed by atoms with Crippen molar-refractivity contribution >= 4 is 5.91 Å². The van der Waals surface area contributed by atoms with Gasteiger partial charge in [0, 0.05) is 18.0 Å². The summed E-state index contributed by atoms with van der Waals surface area (Å²) in [5.74, 6) is -0.0274. The largest absolute Gasteiger partial charge is 0.573 e. The summed E-state index contributed by atoms with van der Waals surface area (Å²) < 4.78 is 43.9. The van der Waals surface area contributed by atoms with Crippen molar-refractivity contribution in [2.24, 2.45) is 0 Å². The minimum atomic E-state index is -4.94. The van der Waals surface area contributed by atoms with Gasteiger partial charge in [-0.1, -0.05) is 0 Å². The van der Waals surface area contributed by atoms with Crippen molar-refractivity contribution in [1.82, 2.24) is 30.0 Å². The van der Waals surface area contributed by atoms with E-state index in [-0.39, 0.29) is 5.56 Å².